The highest BCUT2D eigenvalue weighted by Gasteiger charge is 2.43. The smallest absolute Gasteiger partial charge is 0.344 e. The average Bonchev–Trinajstić information content (AvgIpc) is 2.99. The van der Waals surface area contributed by atoms with Crippen molar-refractivity contribution < 1.29 is 23.8 Å². The molecule has 2 aromatic heterocycles. The Labute approximate surface area is 163 Å². The molecule has 4 aromatic rings. The number of hydrogen-bond acceptors (Lipinski definition) is 7. The fourth-order valence-corrected chi connectivity index (χ4v) is 3.89. The summed E-state index contributed by atoms with van der Waals surface area (Å²) in [6.07, 6.45) is -1.56. The normalized spacial score (nSPS) is 18.2. The summed E-state index contributed by atoms with van der Waals surface area (Å²) in [5.74, 6) is -1.47. The van der Waals surface area contributed by atoms with Crippen LogP contribution in [0.25, 0.3) is 21.9 Å². The van der Waals surface area contributed by atoms with Crippen molar-refractivity contribution in [2.24, 2.45) is 0 Å². The molecule has 5 rings (SSSR count). The van der Waals surface area contributed by atoms with Gasteiger partial charge in [0.1, 0.15) is 22.7 Å². The molecule has 1 aliphatic rings. The summed E-state index contributed by atoms with van der Waals surface area (Å²) in [7, 11) is 0. The third-order valence-corrected chi connectivity index (χ3v) is 5.26. The molecule has 0 saturated heterocycles. The second kappa shape index (κ2) is 5.96. The van der Waals surface area contributed by atoms with Crippen LogP contribution in [0.15, 0.2) is 54.8 Å². The van der Waals surface area contributed by atoms with Crippen molar-refractivity contribution in [1.82, 2.24) is 0 Å². The molecule has 2 atom stereocenters. The summed E-state index contributed by atoms with van der Waals surface area (Å²) in [4.78, 5) is 25.4. The van der Waals surface area contributed by atoms with E-state index in [0.717, 1.165) is 11.1 Å². The van der Waals surface area contributed by atoms with Gasteiger partial charge in [0.25, 0.3) is 0 Å². The molecule has 0 bridgehead atoms. The van der Waals surface area contributed by atoms with Crippen molar-refractivity contribution in [1.29, 1.82) is 0 Å². The second-order valence-corrected chi connectivity index (χ2v) is 7.27. The van der Waals surface area contributed by atoms with Gasteiger partial charge in [0.15, 0.2) is 0 Å². The highest BCUT2D eigenvalue weighted by atomic mass is 16.6. The standard InChI is InChI=1S/C22H16O7/c1-9-3-5-11-13(7-9)27-21(25)16(18(11)23)15-17-19(29-20(15)24)12-6-4-10(2)8-14(12)28-22(17)26/h3-8,15,20,23-24H,1-2H3. The van der Waals surface area contributed by atoms with Crippen LogP contribution in [-0.4, -0.2) is 16.5 Å². The minimum absolute atomic E-state index is 0.0251. The molecule has 2 N–H and O–H groups in total. The van der Waals surface area contributed by atoms with Crippen LogP contribution in [0.4, 0.5) is 0 Å². The lowest BCUT2D eigenvalue weighted by molar-refractivity contribution is -0.00987. The number of benzene rings is 2. The summed E-state index contributed by atoms with van der Waals surface area (Å²) in [6, 6.07) is 10.2. The summed E-state index contributed by atoms with van der Waals surface area (Å²) in [6.45, 7) is 3.68. The van der Waals surface area contributed by atoms with Crippen molar-refractivity contribution in [3.8, 4) is 11.5 Å². The number of fused-ring (bicyclic) bond motifs is 4. The Balaban J connectivity index is 1.82. The SMILES string of the molecule is Cc1ccc2c(O)c(C3c4c(c5ccc(C)cc5oc4=O)OC3O)c(=O)oc2c1. The van der Waals surface area contributed by atoms with Gasteiger partial charge < -0.3 is 23.8 Å². The predicted octanol–water partition coefficient (Wildman–Crippen LogP) is 3.06. The molecule has 2 aromatic carbocycles. The third-order valence-electron chi connectivity index (χ3n) is 5.26. The molecular formula is C22H16O7. The van der Waals surface area contributed by atoms with Crippen molar-refractivity contribution in [2.45, 2.75) is 26.1 Å². The van der Waals surface area contributed by atoms with E-state index in [1.165, 1.54) is 0 Å². The van der Waals surface area contributed by atoms with Crippen LogP contribution in [-0.2, 0) is 0 Å². The zero-order chi connectivity index (χ0) is 20.4. The number of rotatable bonds is 1. The fraction of sp³-hybridized carbons (Fsp3) is 0.182. The van der Waals surface area contributed by atoms with Crippen LogP contribution >= 0.6 is 0 Å². The van der Waals surface area contributed by atoms with Crippen molar-refractivity contribution in [3.63, 3.8) is 0 Å². The van der Waals surface area contributed by atoms with Crippen LogP contribution < -0.4 is 16.0 Å². The Kier molecular flexibility index (Phi) is 3.60. The Bertz CT molecular complexity index is 1430. The maximum Gasteiger partial charge on any atom is 0.344 e. The first kappa shape index (κ1) is 17.5. The molecule has 0 fully saturated rings. The fourth-order valence-electron chi connectivity index (χ4n) is 3.89. The maximum absolute atomic E-state index is 12.7. The lowest BCUT2D eigenvalue weighted by atomic mass is 9.92. The largest absolute Gasteiger partial charge is 0.507 e. The molecule has 29 heavy (non-hydrogen) atoms. The first-order chi connectivity index (χ1) is 13.8. The Morgan fingerprint density at radius 2 is 1.38 bits per heavy atom. The highest BCUT2D eigenvalue weighted by Crippen LogP contribution is 2.45. The van der Waals surface area contributed by atoms with Crippen LogP contribution in [0.2, 0.25) is 0 Å². The maximum atomic E-state index is 12.7. The molecule has 2 unspecified atom stereocenters. The van der Waals surface area contributed by atoms with Gasteiger partial charge in [0.2, 0.25) is 6.29 Å². The Hall–Kier alpha value is -3.58. The molecule has 0 radical (unpaired) electrons. The Morgan fingerprint density at radius 1 is 0.828 bits per heavy atom. The molecule has 0 aliphatic carbocycles. The van der Waals surface area contributed by atoms with E-state index in [1.807, 2.05) is 19.9 Å². The summed E-state index contributed by atoms with van der Waals surface area (Å²) in [5.41, 5.74) is 0.391. The minimum Gasteiger partial charge on any atom is -0.507 e. The molecule has 146 valence electrons. The summed E-state index contributed by atoms with van der Waals surface area (Å²) >= 11 is 0. The topological polar surface area (TPSA) is 110 Å². The zero-order valence-electron chi connectivity index (χ0n) is 15.6. The van der Waals surface area contributed by atoms with E-state index >= 15 is 0 Å². The lowest BCUT2D eigenvalue weighted by Gasteiger charge is -2.14. The first-order valence-corrected chi connectivity index (χ1v) is 9.03. The number of ether oxygens (including phenoxy) is 1. The number of hydrogen-bond donors (Lipinski definition) is 2. The van der Waals surface area contributed by atoms with Gasteiger partial charge in [-0.25, -0.2) is 9.59 Å². The molecule has 0 spiro atoms. The Morgan fingerprint density at radius 3 is 2.03 bits per heavy atom. The monoisotopic (exact) mass is 392 g/mol. The average molecular weight is 392 g/mol. The second-order valence-electron chi connectivity index (χ2n) is 7.27. The number of aliphatic hydroxyl groups excluding tert-OH is 1. The van der Waals surface area contributed by atoms with Crippen molar-refractivity contribution in [3.05, 3.63) is 79.5 Å². The number of aryl methyl sites for hydroxylation is 2. The van der Waals surface area contributed by atoms with Gasteiger partial charge in [-0.15, -0.1) is 0 Å². The van der Waals surface area contributed by atoms with E-state index in [4.69, 9.17) is 13.6 Å². The predicted molar refractivity (Wildman–Crippen MR) is 105 cm³/mol. The highest BCUT2D eigenvalue weighted by molar-refractivity contribution is 5.88. The van der Waals surface area contributed by atoms with Gasteiger partial charge in [-0.2, -0.15) is 0 Å². The van der Waals surface area contributed by atoms with Crippen LogP contribution in [0.1, 0.15) is 28.2 Å². The van der Waals surface area contributed by atoms with E-state index in [0.29, 0.717) is 16.4 Å². The van der Waals surface area contributed by atoms with Crippen LogP contribution in [0, 0.1) is 13.8 Å². The van der Waals surface area contributed by atoms with Gasteiger partial charge in [-0.05, 0) is 49.2 Å². The van der Waals surface area contributed by atoms with Gasteiger partial charge in [0, 0.05) is 0 Å². The minimum atomic E-state index is -1.56. The van der Waals surface area contributed by atoms with Gasteiger partial charge in [-0.3, -0.25) is 0 Å². The van der Waals surface area contributed by atoms with Crippen LogP contribution in [0.5, 0.6) is 11.5 Å². The summed E-state index contributed by atoms with van der Waals surface area (Å²) < 4.78 is 16.3. The number of aromatic hydroxyl groups is 1. The molecular weight excluding hydrogens is 376 g/mol. The molecule has 0 saturated carbocycles. The van der Waals surface area contributed by atoms with E-state index in [2.05, 4.69) is 0 Å². The molecule has 3 heterocycles. The molecule has 1 aliphatic heterocycles. The van der Waals surface area contributed by atoms with Crippen molar-refractivity contribution >= 4 is 21.9 Å². The lowest BCUT2D eigenvalue weighted by Crippen LogP contribution is -2.26. The number of aliphatic hydroxyl groups is 1. The van der Waals surface area contributed by atoms with Crippen molar-refractivity contribution in [2.75, 3.05) is 0 Å². The third kappa shape index (κ3) is 2.48. The quantitative estimate of drug-likeness (QED) is 0.479. The first-order valence-electron chi connectivity index (χ1n) is 9.03. The van der Waals surface area contributed by atoms with E-state index in [-0.39, 0.29) is 28.2 Å². The van der Waals surface area contributed by atoms with E-state index in [1.54, 1.807) is 30.3 Å². The van der Waals surface area contributed by atoms with E-state index in [9.17, 15) is 19.8 Å². The molecule has 0 amide bonds. The van der Waals surface area contributed by atoms with Gasteiger partial charge in [-0.1, -0.05) is 12.1 Å². The van der Waals surface area contributed by atoms with Gasteiger partial charge >= 0.3 is 11.3 Å². The molecule has 7 heteroatoms. The molecule has 7 nitrogen and oxygen atoms in total. The van der Waals surface area contributed by atoms with E-state index < -0.39 is 23.5 Å². The van der Waals surface area contributed by atoms with Crippen LogP contribution in [0.3, 0.4) is 0 Å². The zero-order valence-corrected chi connectivity index (χ0v) is 15.6. The summed E-state index contributed by atoms with van der Waals surface area (Å²) in [5, 5.41) is 22.2. The van der Waals surface area contributed by atoms with Gasteiger partial charge in [0.05, 0.1) is 27.8 Å².